The SMILES string of the molecule is Cc1ccc(-c2c(I)n[nH]c2C(C)C)cc1. The Morgan fingerprint density at radius 1 is 1.19 bits per heavy atom. The molecule has 0 radical (unpaired) electrons. The van der Waals surface area contributed by atoms with Crippen LogP contribution in [0.4, 0.5) is 0 Å². The second-order valence-electron chi connectivity index (χ2n) is 4.32. The fourth-order valence-corrected chi connectivity index (χ4v) is 2.47. The van der Waals surface area contributed by atoms with Crippen LogP contribution in [0.15, 0.2) is 24.3 Å². The molecular weight excluding hydrogens is 311 g/mol. The molecule has 2 rings (SSSR count). The van der Waals surface area contributed by atoms with Crippen molar-refractivity contribution >= 4 is 22.6 Å². The fraction of sp³-hybridized carbons (Fsp3) is 0.308. The minimum atomic E-state index is 0.465. The van der Waals surface area contributed by atoms with Crippen LogP contribution in [0.5, 0.6) is 0 Å². The Kier molecular flexibility index (Phi) is 3.33. The van der Waals surface area contributed by atoms with E-state index in [4.69, 9.17) is 0 Å². The maximum absolute atomic E-state index is 4.30. The average molecular weight is 326 g/mol. The molecule has 0 aliphatic carbocycles. The maximum atomic E-state index is 4.30. The molecule has 3 heteroatoms. The lowest BCUT2D eigenvalue weighted by Crippen LogP contribution is -1.91. The van der Waals surface area contributed by atoms with Crippen LogP contribution >= 0.6 is 22.6 Å². The predicted molar refractivity (Wildman–Crippen MR) is 75.6 cm³/mol. The van der Waals surface area contributed by atoms with Gasteiger partial charge in [0, 0.05) is 11.3 Å². The highest BCUT2D eigenvalue weighted by Gasteiger charge is 2.15. The molecule has 0 spiro atoms. The van der Waals surface area contributed by atoms with E-state index in [2.05, 4.69) is 77.8 Å². The number of nitrogens with zero attached hydrogens (tertiary/aromatic N) is 1. The highest BCUT2D eigenvalue weighted by atomic mass is 127. The molecule has 1 N–H and O–H groups in total. The summed E-state index contributed by atoms with van der Waals surface area (Å²) in [5, 5.41) is 7.43. The third-order valence-corrected chi connectivity index (χ3v) is 3.45. The molecule has 16 heavy (non-hydrogen) atoms. The molecule has 0 unspecified atom stereocenters. The molecule has 0 saturated carbocycles. The molecule has 0 saturated heterocycles. The first-order chi connectivity index (χ1) is 7.59. The molecule has 0 aliphatic heterocycles. The first-order valence-corrected chi connectivity index (χ1v) is 6.48. The van der Waals surface area contributed by atoms with Crippen LogP contribution in [0, 0.1) is 10.6 Å². The normalized spacial score (nSPS) is 11.1. The summed E-state index contributed by atoms with van der Waals surface area (Å²) in [6, 6.07) is 8.60. The van der Waals surface area contributed by atoms with Crippen molar-refractivity contribution in [3.63, 3.8) is 0 Å². The van der Waals surface area contributed by atoms with E-state index < -0.39 is 0 Å². The van der Waals surface area contributed by atoms with E-state index in [9.17, 15) is 0 Å². The van der Waals surface area contributed by atoms with Crippen LogP contribution in [0.2, 0.25) is 0 Å². The first kappa shape index (κ1) is 11.6. The summed E-state index contributed by atoms with van der Waals surface area (Å²) in [4.78, 5) is 0. The molecule has 1 heterocycles. The van der Waals surface area contributed by atoms with Gasteiger partial charge in [0.05, 0.1) is 0 Å². The number of nitrogens with one attached hydrogen (secondary N) is 1. The molecule has 0 amide bonds. The Bertz CT molecular complexity index is 483. The lowest BCUT2D eigenvalue weighted by molar-refractivity contribution is 0.811. The third-order valence-electron chi connectivity index (χ3n) is 2.67. The van der Waals surface area contributed by atoms with Crippen LogP contribution in [0.25, 0.3) is 11.1 Å². The second-order valence-corrected chi connectivity index (χ2v) is 5.35. The van der Waals surface area contributed by atoms with Gasteiger partial charge in [-0.2, -0.15) is 5.10 Å². The van der Waals surface area contributed by atoms with Gasteiger partial charge in [0.15, 0.2) is 0 Å². The van der Waals surface area contributed by atoms with Crippen LogP contribution in [0.1, 0.15) is 31.0 Å². The second kappa shape index (κ2) is 4.57. The Hall–Kier alpha value is -0.840. The van der Waals surface area contributed by atoms with Gasteiger partial charge in [-0.3, -0.25) is 5.10 Å². The van der Waals surface area contributed by atoms with E-state index in [1.54, 1.807) is 0 Å². The van der Waals surface area contributed by atoms with Crippen molar-refractivity contribution in [1.82, 2.24) is 10.2 Å². The molecule has 1 aromatic carbocycles. The topological polar surface area (TPSA) is 28.7 Å². The number of hydrogen-bond donors (Lipinski definition) is 1. The van der Waals surface area contributed by atoms with Gasteiger partial charge in [0.2, 0.25) is 0 Å². The van der Waals surface area contributed by atoms with E-state index in [1.807, 2.05) is 0 Å². The van der Waals surface area contributed by atoms with Gasteiger partial charge in [0.1, 0.15) is 3.70 Å². The molecule has 0 atom stereocenters. The number of aromatic nitrogens is 2. The third kappa shape index (κ3) is 2.14. The Morgan fingerprint density at radius 2 is 1.81 bits per heavy atom. The number of benzene rings is 1. The van der Waals surface area contributed by atoms with E-state index in [0.717, 1.165) is 3.70 Å². The number of hydrogen-bond acceptors (Lipinski definition) is 1. The van der Waals surface area contributed by atoms with Gasteiger partial charge < -0.3 is 0 Å². The summed E-state index contributed by atoms with van der Waals surface area (Å²) in [6.45, 7) is 6.47. The predicted octanol–water partition coefficient (Wildman–Crippen LogP) is 4.11. The number of aromatic amines is 1. The van der Waals surface area contributed by atoms with Crippen molar-refractivity contribution in [2.45, 2.75) is 26.7 Å². The zero-order valence-corrected chi connectivity index (χ0v) is 11.9. The van der Waals surface area contributed by atoms with Crippen LogP contribution < -0.4 is 0 Å². The summed E-state index contributed by atoms with van der Waals surface area (Å²) >= 11 is 2.28. The molecule has 0 bridgehead atoms. The van der Waals surface area contributed by atoms with E-state index in [0.29, 0.717) is 5.92 Å². The monoisotopic (exact) mass is 326 g/mol. The van der Waals surface area contributed by atoms with Crippen molar-refractivity contribution < 1.29 is 0 Å². The van der Waals surface area contributed by atoms with Gasteiger partial charge in [-0.25, -0.2) is 0 Å². The molecule has 84 valence electrons. The first-order valence-electron chi connectivity index (χ1n) is 5.40. The Morgan fingerprint density at radius 3 is 2.38 bits per heavy atom. The highest BCUT2D eigenvalue weighted by molar-refractivity contribution is 14.1. The van der Waals surface area contributed by atoms with E-state index in [-0.39, 0.29) is 0 Å². The smallest absolute Gasteiger partial charge is 0.131 e. The summed E-state index contributed by atoms with van der Waals surface area (Å²) in [5.74, 6) is 0.465. The largest absolute Gasteiger partial charge is 0.281 e. The summed E-state index contributed by atoms with van der Waals surface area (Å²) in [5.41, 5.74) is 4.99. The van der Waals surface area contributed by atoms with Gasteiger partial charge in [0.25, 0.3) is 0 Å². The van der Waals surface area contributed by atoms with Crippen molar-refractivity contribution in [2.75, 3.05) is 0 Å². The molecular formula is C13H15IN2. The van der Waals surface area contributed by atoms with E-state index in [1.165, 1.54) is 22.4 Å². The number of halogens is 1. The molecule has 2 aromatic rings. The van der Waals surface area contributed by atoms with Crippen molar-refractivity contribution in [1.29, 1.82) is 0 Å². The fourth-order valence-electron chi connectivity index (χ4n) is 1.74. The Balaban J connectivity index is 2.54. The lowest BCUT2D eigenvalue weighted by atomic mass is 9.99. The van der Waals surface area contributed by atoms with Crippen LogP contribution in [-0.4, -0.2) is 10.2 Å². The summed E-state index contributed by atoms with van der Waals surface area (Å²) < 4.78 is 1.05. The van der Waals surface area contributed by atoms with Crippen molar-refractivity contribution in [2.24, 2.45) is 0 Å². The van der Waals surface area contributed by atoms with Gasteiger partial charge in [-0.15, -0.1) is 0 Å². The number of H-pyrrole nitrogens is 1. The van der Waals surface area contributed by atoms with Crippen LogP contribution in [0.3, 0.4) is 0 Å². The minimum Gasteiger partial charge on any atom is -0.281 e. The van der Waals surface area contributed by atoms with Crippen LogP contribution in [-0.2, 0) is 0 Å². The van der Waals surface area contributed by atoms with Crippen molar-refractivity contribution in [3.8, 4) is 11.1 Å². The van der Waals surface area contributed by atoms with Gasteiger partial charge in [-0.1, -0.05) is 43.7 Å². The van der Waals surface area contributed by atoms with E-state index >= 15 is 0 Å². The van der Waals surface area contributed by atoms with Gasteiger partial charge >= 0.3 is 0 Å². The number of rotatable bonds is 2. The highest BCUT2D eigenvalue weighted by Crippen LogP contribution is 2.31. The van der Waals surface area contributed by atoms with Gasteiger partial charge in [-0.05, 0) is 41.0 Å². The summed E-state index contributed by atoms with van der Waals surface area (Å²) in [7, 11) is 0. The minimum absolute atomic E-state index is 0.465. The summed E-state index contributed by atoms with van der Waals surface area (Å²) in [6.07, 6.45) is 0. The molecule has 1 aromatic heterocycles. The maximum Gasteiger partial charge on any atom is 0.131 e. The molecule has 0 aliphatic rings. The number of aryl methyl sites for hydroxylation is 1. The quantitative estimate of drug-likeness (QED) is 0.827. The Labute approximate surface area is 110 Å². The lowest BCUT2D eigenvalue weighted by Gasteiger charge is -2.07. The zero-order valence-electron chi connectivity index (χ0n) is 9.71. The molecule has 0 fully saturated rings. The molecule has 2 nitrogen and oxygen atoms in total. The van der Waals surface area contributed by atoms with Crippen molar-refractivity contribution in [3.05, 3.63) is 39.2 Å². The standard InChI is InChI=1S/C13H15IN2/c1-8(2)12-11(13(14)16-15-12)10-6-4-9(3)5-7-10/h4-8H,1-3H3,(H,15,16). The zero-order chi connectivity index (χ0) is 11.7. The average Bonchev–Trinajstić information content (AvgIpc) is 2.62.